The van der Waals surface area contributed by atoms with Crippen molar-refractivity contribution in [3.05, 3.63) is 57.1 Å². The maximum Gasteiger partial charge on any atom is 0.259 e. The lowest BCUT2D eigenvalue weighted by atomic mass is 10.0. The zero-order chi connectivity index (χ0) is 16.8. The highest BCUT2D eigenvalue weighted by Gasteiger charge is 2.18. The molecule has 0 N–H and O–H groups in total. The van der Waals surface area contributed by atoms with Gasteiger partial charge < -0.3 is 0 Å². The number of thiazole rings is 1. The van der Waals surface area contributed by atoms with Crippen molar-refractivity contribution in [2.75, 3.05) is 0 Å². The predicted octanol–water partition coefficient (Wildman–Crippen LogP) is 2.97. The average Bonchev–Trinajstić information content (AvgIpc) is 3.21. The third-order valence-corrected chi connectivity index (χ3v) is 6.57. The second kappa shape index (κ2) is 5.96. The summed E-state index contributed by atoms with van der Waals surface area (Å²) in [5.41, 5.74) is 2.82. The van der Waals surface area contributed by atoms with E-state index in [4.69, 9.17) is 4.98 Å². The summed E-state index contributed by atoms with van der Waals surface area (Å²) >= 11 is 3.21. The number of fused-ring (bicyclic) bond motifs is 4. The molecule has 25 heavy (non-hydrogen) atoms. The molecule has 126 valence electrons. The van der Waals surface area contributed by atoms with E-state index in [2.05, 4.69) is 10.2 Å². The van der Waals surface area contributed by atoms with Crippen molar-refractivity contribution in [3.8, 4) is 0 Å². The Bertz CT molecular complexity index is 1140. The van der Waals surface area contributed by atoms with Gasteiger partial charge in [-0.05, 0) is 37.8 Å². The SMILES string of the molecule is O=c1cc(CSc2nnc3ccccn23)nc2sc3c(n12)CCCC3. The molecule has 0 amide bonds. The molecule has 0 bridgehead atoms. The lowest BCUT2D eigenvalue weighted by Crippen LogP contribution is -2.17. The van der Waals surface area contributed by atoms with Crippen molar-refractivity contribution >= 4 is 33.7 Å². The normalized spacial score (nSPS) is 14.2. The summed E-state index contributed by atoms with van der Waals surface area (Å²) in [6, 6.07) is 7.47. The summed E-state index contributed by atoms with van der Waals surface area (Å²) in [7, 11) is 0. The van der Waals surface area contributed by atoms with Gasteiger partial charge in [0.25, 0.3) is 5.56 Å². The number of pyridine rings is 1. The number of aryl methyl sites for hydroxylation is 2. The molecule has 0 radical (unpaired) electrons. The highest BCUT2D eigenvalue weighted by molar-refractivity contribution is 7.98. The van der Waals surface area contributed by atoms with Gasteiger partial charge in [0.1, 0.15) is 0 Å². The Balaban J connectivity index is 1.48. The van der Waals surface area contributed by atoms with Crippen molar-refractivity contribution in [1.29, 1.82) is 0 Å². The highest BCUT2D eigenvalue weighted by atomic mass is 32.2. The lowest BCUT2D eigenvalue weighted by molar-refractivity contribution is 0.670. The number of hydrogen-bond acceptors (Lipinski definition) is 6. The van der Waals surface area contributed by atoms with Gasteiger partial charge in [-0.1, -0.05) is 17.8 Å². The van der Waals surface area contributed by atoms with E-state index in [0.29, 0.717) is 5.75 Å². The largest absolute Gasteiger partial charge is 0.277 e. The average molecular weight is 369 g/mol. The van der Waals surface area contributed by atoms with Gasteiger partial charge in [0.05, 0.1) is 5.69 Å². The van der Waals surface area contributed by atoms with Crippen LogP contribution in [0.15, 0.2) is 40.4 Å². The fourth-order valence-electron chi connectivity index (χ4n) is 3.27. The quantitative estimate of drug-likeness (QED) is 0.520. The Kier molecular flexibility index (Phi) is 3.60. The zero-order valence-corrected chi connectivity index (χ0v) is 15.0. The standard InChI is InChI=1S/C17H15N5OS2/c23-15-9-11(10-24-17-20-19-14-7-3-4-8-21(14)17)18-16-22(15)12-5-1-2-6-13(12)25-16/h3-4,7-9H,1-2,5-6,10H2. The molecular weight excluding hydrogens is 354 g/mol. The van der Waals surface area contributed by atoms with Crippen LogP contribution < -0.4 is 5.56 Å². The van der Waals surface area contributed by atoms with Crippen molar-refractivity contribution in [2.24, 2.45) is 0 Å². The van der Waals surface area contributed by atoms with Crippen LogP contribution in [0.2, 0.25) is 0 Å². The minimum Gasteiger partial charge on any atom is -0.277 e. The molecule has 0 fully saturated rings. The van der Waals surface area contributed by atoms with Gasteiger partial charge in [-0.25, -0.2) is 4.98 Å². The van der Waals surface area contributed by atoms with E-state index in [1.54, 1.807) is 33.6 Å². The Labute approximate surface area is 151 Å². The van der Waals surface area contributed by atoms with E-state index in [9.17, 15) is 4.79 Å². The van der Waals surface area contributed by atoms with E-state index in [1.165, 1.54) is 17.0 Å². The van der Waals surface area contributed by atoms with Crippen molar-refractivity contribution in [2.45, 2.75) is 36.6 Å². The van der Waals surface area contributed by atoms with Crippen LogP contribution in [0.5, 0.6) is 0 Å². The summed E-state index contributed by atoms with van der Waals surface area (Å²) in [4.78, 5) is 19.5. The first-order chi connectivity index (χ1) is 12.3. The number of aromatic nitrogens is 5. The Hall–Kier alpha value is -2.19. The number of nitrogens with zero attached hydrogens (tertiary/aromatic N) is 5. The van der Waals surface area contributed by atoms with E-state index in [0.717, 1.165) is 40.7 Å². The molecule has 0 saturated carbocycles. The number of hydrogen-bond donors (Lipinski definition) is 0. The summed E-state index contributed by atoms with van der Waals surface area (Å²) < 4.78 is 3.75. The van der Waals surface area contributed by atoms with Crippen LogP contribution in [0, 0.1) is 0 Å². The number of thioether (sulfide) groups is 1. The topological polar surface area (TPSA) is 64.6 Å². The van der Waals surface area contributed by atoms with Gasteiger partial charge in [-0.3, -0.25) is 13.6 Å². The summed E-state index contributed by atoms with van der Waals surface area (Å²) in [5.74, 6) is 0.601. The van der Waals surface area contributed by atoms with Gasteiger partial charge >= 0.3 is 0 Å². The van der Waals surface area contributed by atoms with E-state index >= 15 is 0 Å². The van der Waals surface area contributed by atoms with Crippen LogP contribution in [0.3, 0.4) is 0 Å². The fourth-order valence-corrected chi connectivity index (χ4v) is 5.32. The molecule has 0 aliphatic heterocycles. The van der Waals surface area contributed by atoms with Crippen LogP contribution in [0.4, 0.5) is 0 Å². The predicted molar refractivity (Wildman–Crippen MR) is 98.5 cm³/mol. The van der Waals surface area contributed by atoms with Crippen LogP contribution in [-0.4, -0.2) is 24.0 Å². The maximum atomic E-state index is 12.6. The van der Waals surface area contributed by atoms with Gasteiger partial charge in [-0.15, -0.1) is 21.5 Å². The van der Waals surface area contributed by atoms with Gasteiger partial charge in [0, 0.05) is 28.6 Å². The third kappa shape index (κ3) is 2.56. The Morgan fingerprint density at radius 3 is 3.08 bits per heavy atom. The zero-order valence-electron chi connectivity index (χ0n) is 13.4. The molecule has 1 aliphatic carbocycles. The Morgan fingerprint density at radius 1 is 1.20 bits per heavy atom. The molecule has 1 aliphatic rings. The maximum absolute atomic E-state index is 12.6. The lowest BCUT2D eigenvalue weighted by Gasteiger charge is -2.10. The molecule has 8 heteroatoms. The second-order valence-corrected chi connectivity index (χ2v) is 8.09. The molecule has 0 unspecified atom stereocenters. The molecule has 4 aromatic heterocycles. The fraction of sp³-hybridized carbons (Fsp3) is 0.294. The first kappa shape index (κ1) is 15.1. The second-order valence-electron chi connectivity index (χ2n) is 6.08. The molecule has 0 atom stereocenters. The van der Waals surface area contributed by atoms with Gasteiger partial charge in [0.15, 0.2) is 15.8 Å². The molecule has 4 heterocycles. The van der Waals surface area contributed by atoms with E-state index in [-0.39, 0.29) is 5.56 Å². The molecule has 6 nitrogen and oxygen atoms in total. The van der Waals surface area contributed by atoms with Crippen LogP contribution in [-0.2, 0) is 18.6 Å². The summed E-state index contributed by atoms with van der Waals surface area (Å²) in [6.45, 7) is 0. The molecule has 0 saturated heterocycles. The van der Waals surface area contributed by atoms with Gasteiger partial charge in [-0.2, -0.15) is 0 Å². The van der Waals surface area contributed by atoms with Crippen LogP contribution in [0.1, 0.15) is 29.1 Å². The molecular formula is C17H15N5OS2. The van der Waals surface area contributed by atoms with Gasteiger partial charge in [0.2, 0.25) is 0 Å². The van der Waals surface area contributed by atoms with Crippen molar-refractivity contribution in [3.63, 3.8) is 0 Å². The Morgan fingerprint density at radius 2 is 2.12 bits per heavy atom. The number of rotatable bonds is 3. The smallest absolute Gasteiger partial charge is 0.259 e. The highest BCUT2D eigenvalue weighted by Crippen LogP contribution is 2.29. The summed E-state index contributed by atoms with van der Waals surface area (Å²) in [5, 5.41) is 9.17. The minimum atomic E-state index is 0.0334. The third-order valence-electron chi connectivity index (χ3n) is 4.45. The van der Waals surface area contributed by atoms with Crippen LogP contribution >= 0.6 is 23.1 Å². The molecule has 5 rings (SSSR count). The monoisotopic (exact) mass is 369 g/mol. The minimum absolute atomic E-state index is 0.0334. The first-order valence-corrected chi connectivity index (χ1v) is 10.1. The molecule has 4 aromatic rings. The van der Waals surface area contributed by atoms with Crippen molar-refractivity contribution in [1.82, 2.24) is 24.0 Å². The van der Waals surface area contributed by atoms with Crippen molar-refractivity contribution < 1.29 is 0 Å². The van der Waals surface area contributed by atoms with E-state index in [1.807, 2.05) is 28.8 Å². The van der Waals surface area contributed by atoms with Crippen LogP contribution in [0.25, 0.3) is 10.6 Å². The molecule has 0 aromatic carbocycles. The molecule has 0 spiro atoms. The van der Waals surface area contributed by atoms with E-state index < -0.39 is 0 Å². The summed E-state index contributed by atoms with van der Waals surface area (Å²) in [6.07, 6.45) is 6.35. The first-order valence-electron chi connectivity index (χ1n) is 8.25.